The molecule has 0 fully saturated rings. The van der Waals surface area contributed by atoms with E-state index >= 15 is 0 Å². The third kappa shape index (κ3) is 4.54. The Morgan fingerprint density at radius 1 is 1.12 bits per heavy atom. The Balaban J connectivity index is 1.59. The van der Waals surface area contributed by atoms with Gasteiger partial charge in [-0.25, -0.2) is 4.68 Å². The molecule has 2 aromatic heterocycles. The molecule has 25 heavy (non-hydrogen) atoms. The molecule has 3 aromatic rings. The number of hydrogen-bond donors (Lipinski definition) is 1. The molecule has 0 spiro atoms. The van der Waals surface area contributed by atoms with E-state index in [4.69, 9.17) is 4.42 Å². The molecule has 1 amide bonds. The summed E-state index contributed by atoms with van der Waals surface area (Å²) < 4.78 is 6.45. The Labute approximate surface area is 144 Å². The van der Waals surface area contributed by atoms with Crippen LogP contribution in [0.3, 0.4) is 0 Å². The van der Waals surface area contributed by atoms with E-state index < -0.39 is 0 Å². The van der Waals surface area contributed by atoms with Crippen LogP contribution >= 0.6 is 0 Å². The summed E-state index contributed by atoms with van der Waals surface area (Å²) in [6.45, 7) is 0.590. The van der Waals surface area contributed by atoms with Crippen LogP contribution in [-0.2, 0) is 11.3 Å². The summed E-state index contributed by atoms with van der Waals surface area (Å²) in [5.74, 6) is 0.340. The highest BCUT2D eigenvalue weighted by Gasteiger charge is 2.03. The average Bonchev–Trinajstić information content (AvgIpc) is 3.16. The van der Waals surface area contributed by atoms with Gasteiger partial charge in [-0.3, -0.25) is 9.59 Å². The van der Waals surface area contributed by atoms with Crippen LogP contribution in [0.4, 0.5) is 0 Å². The summed E-state index contributed by atoms with van der Waals surface area (Å²) in [6, 6.07) is 16.3. The van der Waals surface area contributed by atoms with Gasteiger partial charge in [0, 0.05) is 24.3 Å². The molecule has 126 valence electrons. The number of rotatable bonds is 6. The first-order chi connectivity index (χ1) is 12.2. The van der Waals surface area contributed by atoms with Crippen molar-refractivity contribution in [3.05, 3.63) is 83.1 Å². The van der Waals surface area contributed by atoms with E-state index in [1.807, 2.05) is 30.3 Å². The predicted octanol–water partition coefficient (Wildman–Crippen LogP) is 2.33. The first kappa shape index (κ1) is 16.4. The second-order valence-electron chi connectivity index (χ2n) is 5.29. The molecule has 6 heteroatoms. The number of nitrogens with zero attached hydrogens (tertiary/aromatic N) is 2. The van der Waals surface area contributed by atoms with Gasteiger partial charge in [-0.2, -0.15) is 5.10 Å². The van der Waals surface area contributed by atoms with Crippen LogP contribution < -0.4 is 10.9 Å². The molecular weight excluding hydrogens is 318 g/mol. The topological polar surface area (TPSA) is 77.1 Å². The first-order valence-electron chi connectivity index (χ1n) is 7.85. The van der Waals surface area contributed by atoms with Gasteiger partial charge in [-0.1, -0.05) is 30.3 Å². The third-order valence-electron chi connectivity index (χ3n) is 3.50. The van der Waals surface area contributed by atoms with E-state index in [1.165, 1.54) is 23.1 Å². The van der Waals surface area contributed by atoms with Gasteiger partial charge in [0.15, 0.2) is 0 Å². The van der Waals surface area contributed by atoms with Gasteiger partial charge in [0.05, 0.1) is 18.5 Å². The summed E-state index contributed by atoms with van der Waals surface area (Å²) in [6.07, 6.45) is 4.50. The van der Waals surface area contributed by atoms with Gasteiger partial charge in [-0.15, -0.1) is 0 Å². The fourth-order valence-corrected chi connectivity index (χ4v) is 2.26. The van der Waals surface area contributed by atoms with Crippen molar-refractivity contribution in [2.75, 3.05) is 6.54 Å². The van der Waals surface area contributed by atoms with Crippen molar-refractivity contribution in [2.24, 2.45) is 0 Å². The van der Waals surface area contributed by atoms with Gasteiger partial charge in [0.2, 0.25) is 5.91 Å². The number of carbonyl (C=O) groups is 1. The number of hydrogen-bond acceptors (Lipinski definition) is 4. The number of nitrogens with one attached hydrogen (secondary N) is 1. The van der Waals surface area contributed by atoms with Crippen LogP contribution in [0.5, 0.6) is 0 Å². The standard InChI is InChI=1S/C19H17N3O3/c23-18(10-8-16-7-4-14-25-16)20-12-13-22-19(24)11-9-17(21-22)15-5-2-1-3-6-15/h1-11,14H,12-13H2,(H,20,23). The summed E-state index contributed by atoms with van der Waals surface area (Å²) in [7, 11) is 0. The van der Waals surface area contributed by atoms with Gasteiger partial charge in [-0.05, 0) is 24.3 Å². The first-order valence-corrected chi connectivity index (χ1v) is 7.85. The van der Waals surface area contributed by atoms with Crippen molar-refractivity contribution >= 4 is 12.0 Å². The Bertz CT molecular complexity index is 913. The normalized spacial score (nSPS) is 10.9. The van der Waals surface area contributed by atoms with Crippen molar-refractivity contribution < 1.29 is 9.21 Å². The number of carbonyl (C=O) groups excluding carboxylic acids is 1. The maximum atomic E-state index is 11.9. The molecular formula is C19H17N3O3. The second-order valence-corrected chi connectivity index (χ2v) is 5.29. The fourth-order valence-electron chi connectivity index (χ4n) is 2.26. The van der Waals surface area contributed by atoms with E-state index in [9.17, 15) is 9.59 Å². The van der Waals surface area contributed by atoms with Gasteiger partial charge >= 0.3 is 0 Å². The minimum absolute atomic E-state index is 0.208. The lowest BCUT2D eigenvalue weighted by Crippen LogP contribution is -2.31. The van der Waals surface area contributed by atoms with Crippen LogP contribution in [-0.4, -0.2) is 22.2 Å². The van der Waals surface area contributed by atoms with Crippen LogP contribution in [0.15, 0.2) is 76.1 Å². The van der Waals surface area contributed by atoms with E-state index in [-0.39, 0.29) is 11.5 Å². The molecule has 1 aromatic carbocycles. The Kier molecular flexibility index (Phi) is 5.21. The highest BCUT2D eigenvalue weighted by atomic mass is 16.3. The summed E-state index contributed by atoms with van der Waals surface area (Å²) in [5.41, 5.74) is 1.44. The quantitative estimate of drug-likeness (QED) is 0.702. The van der Waals surface area contributed by atoms with E-state index in [0.717, 1.165) is 5.56 Å². The smallest absolute Gasteiger partial charge is 0.266 e. The highest BCUT2D eigenvalue weighted by Crippen LogP contribution is 2.13. The van der Waals surface area contributed by atoms with Crippen molar-refractivity contribution in [1.29, 1.82) is 0 Å². The fraction of sp³-hybridized carbons (Fsp3) is 0.105. The molecule has 0 radical (unpaired) electrons. The Morgan fingerprint density at radius 3 is 2.72 bits per heavy atom. The Morgan fingerprint density at radius 2 is 1.96 bits per heavy atom. The van der Waals surface area contributed by atoms with Gasteiger partial charge < -0.3 is 9.73 Å². The van der Waals surface area contributed by atoms with Crippen LogP contribution in [0.1, 0.15) is 5.76 Å². The van der Waals surface area contributed by atoms with Gasteiger partial charge in [0.25, 0.3) is 5.56 Å². The minimum Gasteiger partial charge on any atom is -0.465 e. The lowest BCUT2D eigenvalue weighted by atomic mass is 10.1. The van der Waals surface area contributed by atoms with Crippen molar-refractivity contribution in [3.63, 3.8) is 0 Å². The molecule has 6 nitrogen and oxygen atoms in total. The molecule has 2 heterocycles. The van der Waals surface area contributed by atoms with Crippen molar-refractivity contribution in [2.45, 2.75) is 6.54 Å². The van der Waals surface area contributed by atoms with Crippen molar-refractivity contribution in [1.82, 2.24) is 15.1 Å². The predicted molar refractivity (Wildman–Crippen MR) is 94.7 cm³/mol. The van der Waals surface area contributed by atoms with Crippen molar-refractivity contribution in [3.8, 4) is 11.3 Å². The van der Waals surface area contributed by atoms with Crippen LogP contribution in [0, 0.1) is 0 Å². The number of aromatic nitrogens is 2. The molecule has 0 saturated carbocycles. The maximum absolute atomic E-state index is 11.9. The van der Waals surface area contributed by atoms with E-state index in [2.05, 4.69) is 10.4 Å². The SMILES string of the molecule is O=C(C=Cc1ccco1)NCCn1nc(-c2ccccc2)ccc1=O. The average molecular weight is 335 g/mol. The summed E-state index contributed by atoms with van der Waals surface area (Å²) in [4.78, 5) is 23.7. The monoisotopic (exact) mass is 335 g/mol. The molecule has 3 rings (SSSR count). The summed E-state index contributed by atoms with van der Waals surface area (Å²) in [5, 5.41) is 7.06. The zero-order valence-corrected chi connectivity index (χ0v) is 13.5. The number of furan rings is 1. The van der Waals surface area contributed by atoms with Crippen LogP contribution in [0.25, 0.3) is 17.3 Å². The highest BCUT2D eigenvalue weighted by molar-refractivity contribution is 5.91. The Hall–Kier alpha value is -3.41. The van der Waals surface area contributed by atoms with E-state index in [1.54, 1.807) is 24.3 Å². The van der Waals surface area contributed by atoms with E-state index in [0.29, 0.717) is 24.5 Å². The molecule has 0 saturated heterocycles. The largest absolute Gasteiger partial charge is 0.465 e. The number of amides is 1. The number of benzene rings is 1. The second kappa shape index (κ2) is 7.92. The lowest BCUT2D eigenvalue weighted by molar-refractivity contribution is -0.116. The third-order valence-corrected chi connectivity index (χ3v) is 3.50. The summed E-state index contributed by atoms with van der Waals surface area (Å²) >= 11 is 0. The van der Waals surface area contributed by atoms with Gasteiger partial charge in [0.1, 0.15) is 5.76 Å². The molecule has 0 atom stereocenters. The molecule has 0 aliphatic heterocycles. The zero-order chi connectivity index (χ0) is 17.5. The molecule has 0 unspecified atom stereocenters. The molecule has 0 aliphatic rings. The molecule has 0 aliphatic carbocycles. The molecule has 0 bridgehead atoms. The molecule has 1 N–H and O–H groups in total. The minimum atomic E-state index is -0.260. The lowest BCUT2D eigenvalue weighted by Gasteiger charge is -2.07. The zero-order valence-electron chi connectivity index (χ0n) is 13.5. The van der Waals surface area contributed by atoms with Crippen LogP contribution in [0.2, 0.25) is 0 Å². The maximum Gasteiger partial charge on any atom is 0.266 e.